The number of rotatable bonds is 4. The number of halogens is 1. The van der Waals surface area contributed by atoms with E-state index >= 15 is 0 Å². The summed E-state index contributed by atoms with van der Waals surface area (Å²) in [6, 6.07) is 15.2. The third kappa shape index (κ3) is 3.85. The van der Waals surface area contributed by atoms with Crippen molar-refractivity contribution in [2.45, 2.75) is 26.4 Å². The van der Waals surface area contributed by atoms with Crippen molar-refractivity contribution in [1.82, 2.24) is 4.90 Å². The van der Waals surface area contributed by atoms with Crippen molar-refractivity contribution in [3.05, 3.63) is 64.1 Å². The van der Waals surface area contributed by atoms with Gasteiger partial charge in [0.05, 0.1) is 5.56 Å². The first-order chi connectivity index (χ1) is 9.99. The van der Waals surface area contributed by atoms with Crippen molar-refractivity contribution in [3.63, 3.8) is 0 Å². The van der Waals surface area contributed by atoms with Gasteiger partial charge in [-0.2, -0.15) is 0 Å². The van der Waals surface area contributed by atoms with Crippen LogP contribution in [0.4, 0.5) is 5.69 Å². The van der Waals surface area contributed by atoms with Gasteiger partial charge in [0.25, 0.3) is 5.91 Å². The summed E-state index contributed by atoms with van der Waals surface area (Å²) in [4.78, 5) is 14.6. The zero-order valence-electron chi connectivity index (χ0n) is 12.2. The normalized spacial score (nSPS) is 10.7. The SMILES string of the molecule is CC(C)N(Cc1cccc(N)c1)C(=O)c1ccccc1Br. The van der Waals surface area contributed by atoms with Gasteiger partial charge >= 0.3 is 0 Å². The summed E-state index contributed by atoms with van der Waals surface area (Å²) in [5.41, 5.74) is 8.23. The van der Waals surface area contributed by atoms with Gasteiger partial charge in [-0.3, -0.25) is 4.79 Å². The summed E-state index contributed by atoms with van der Waals surface area (Å²) in [7, 11) is 0. The van der Waals surface area contributed by atoms with Crippen molar-refractivity contribution in [2.24, 2.45) is 0 Å². The highest BCUT2D eigenvalue weighted by Gasteiger charge is 2.20. The molecule has 0 fully saturated rings. The Hall–Kier alpha value is -1.81. The quantitative estimate of drug-likeness (QED) is 0.847. The number of nitrogen functional groups attached to an aromatic ring is 1. The van der Waals surface area contributed by atoms with Gasteiger partial charge in [-0.05, 0) is 59.6 Å². The summed E-state index contributed by atoms with van der Waals surface area (Å²) in [6.45, 7) is 4.57. The van der Waals surface area contributed by atoms with E-state index in [2.05, 4.69) is 15.9 Å². The summed E-state index contributed by atoms with van der Waals surface area (Å²) in [6.07, 6.45) is 0. The molecule has 2 rings (SSSR count). The molecule has 0 saturated carbocycles. The third-order valence-electron chi connectivity index (χ3n) is 3.29. The lowest BCUT2D eigenvalue weighted by Gasteiger charge is -2.27. The number of anilines is 1. The van der Waals surface area contributed by atoms with Crippen LogP contribution in [0.5, 0.6) is 0 Å². The number of amides is 1. The summed E-state index contributed by atoms with van der Waals surface area (Å²) < 4.78 is 0.813. The lowest BCUT2D eigenvalue weighted by molar-refractivity contribution is 0.0689. The molecule has 3 nitrogen and oxygen atoms in total. The van der Waals surface area contributed by atoms with Crippen LogP contribution in [0.15, 0.2) is 53.0 Å². The number of nitrogens with zero attached hydrogens (tertiary/aromatic N) is 1. The van der Waals surface area contributed by atoms with Crippen LogP contribution in [0, 0.1) is 0 Å². The molecule has 110 valence electrons. The fourth-order valence-corrected chi connectivity index (χ4v) is 2.62. The standard InChI is InChI=1S/C17H19BrN2O/c1-12(2)20(11-13-6-5-7-14(19)10-13)17(21)15-8-3-4-9-16(15)18/h3-10,12H,11,19H2,1-2H3. The van der Waals surface area contributed by atoms with E-state index in [1.165, 1.54) is 0 Å². The Labute approximate surface area is 133 Å². The predicted octanol–water partition coefficient (Wildman–Crippen LogP) is 4.08. The Morgan fingerprint density at radius 3 is 2.52 bits per heavy atom. The first-order valence-electron chi connectivity index (χ1n) is 6.89. The monoisotopic (exact) mass is 346 g/mol. The van der Waals surface area contributed by atoms with E-state index in [0.29, 0.717) is 17.8 Å². The van der Waals surface area contributed by atoms with Crippen molar-refractivity contribution < 1.29 is 4.79 Å². The number of hydrogen-bond acceptors (Lipinski definition) is 2. The van der Waals surface area contributed by atoms with Crippen molar-refractivity contribution in [1.29, 1.82) is 0 Å². The molecule has 4 heteroatoms. The number of carbonyl (C=O) groups excluding carboxylic acids is 1. The molecule has 0 aliphatic heterocycles. The number of hydrogen-bond donors (Lipinski definition) is 1. The highest BCUT2D eigenvalue weighted by molar-refractivity contribution is 9.10. The molecule has 2 N–H and O–H groups in total. The van der Waals surface area contributed by atoms with Crippen LogP contribution in [0.1, 0.15) is 29.8 Å². The maximum atomic E-state index is 12.8. The number of nitrogens with two attached hydrogens (primary N) is 1. The van der Waals surface area contributed by atoms with E-state index < -0.39 is 0 Å². The average molecular weight is 347 g/mol. The molecule has 0 aliphatic carbocycles. The summed E-state index contributed by atoms with van der Waals surface area (Å²) >= 11 is 3.44. The van der Waals surface area contributed by atoms with Crippen LogP contribution in [0.3, 0.4) is 0 Å². The van der Waals surface area contributed by atoms with Crippen LogP contribution >= 0.6 is 15.9 Å². The molecule has 0 spiro atoms. The smallest absolute Gasteiger partial charge is 0.255 e. The van der Waals surface area contributed by atoms with Crippen LogP contribution in [-0.2, 0) is 6.54 Å². The second-order valence-electron chi connectivity index (χ2n) is 5.25. The molecule has 1 amide bonds. The highest BCUT2D eigenvalue weighted by atomic mass is 79.9. The first-order valence-corrected chi connectivity index (χ1v) is 7.68. The van der Waals surface area contributed by atoms with Gasteiger partial charge in [0, 0.05) is 22.7 Å². The first kappa shape index (κ1) is 15.6. The van der Waals surface area contributed by atoms with E-state index in [4.69, 9.17) is 5.73 Å². The molecule has 21 heavy (non-hydrogen) atoms. The molecular formula is C17H19BrN2O. The van der Waals surface area contributed by atoms with Gasteiger partial charge in [-0.25, -0.2) is 0 Å². The molecule has 0 heterocycles. The Bertz CT molecular complexity index is 640. The molecule has 0 saturated heterocycles. The topological polar surface area (TPSA) is 46.3 Å². The van der Waals surface area contributed by atoms with E-state index in [1.54, 1.807) is 0 Å². The van der Waals surface area contributed by atoms with Gasteiger partial charge in [-0.1, -0.05) is 24.3 Å². The predicted molar refractivity (Wildman–Crippen MR) is 90.0 cm³/mol. The van der Waals surface area contributed by atoms with Crippen molar-refractivity contribution in [3.8, 4) is 0 Å². The van der Waals surface area contributed by atoms with E-state index in [0.717, 1.165) is 10.0 Å². The summed E-state index contributed by atoms with van der Waals surface area (Å²) in [5.74, 6) is 0.0138. The molecule has 2 aromatic carbocycles. The second kappa shape index (κ2) is 6.76. The van der Waals surface area contributed by atoms with Crippen LogP contribution in [-0.4, -0.2) is 16.8 Å². The van der Waals surface area contributed by atoms with Gasteiger partial charge in [-0.15, -0.1) is 0 Å². The van der Waals surface area contributed by atoms with Crippen LogP contribution in [0.2, 0.25) is 0 Å². The molecular weight excluding hydrogens is 328 g/mol. The molecule has 2 aromatic rings. The Kier molecular flexibility index (Phi) is 5.02. The molecule has 0 atom stereocenters. The minimum absolute atomic E-state index is 0.0138. The van der Waals surface area contributed by atoms with Gasteiger partial charge in [0.2, 0.25) is 0 Å². The van der Waals surface area contributed by atoms with Gasteiger partial charge in [0.15, 0.2) is 0 Å². The lowest BCUT2D eigenvalue weighted by atomic mass is 10.1. The Balaban J connectivity index is 2.27. The Morgan fingerprint density at radius 2 is 1.90 bits per heavy atom. The Morgan fingerprint density at radius 1 is 1.19 bits per heavy atom. The van der Waals surface area contributed by atoms with Gasteiger partial charge < -0.3 is 10.6 Å². The summed E-state index contributed by atoms with van der Waals surface area (Å²) in [5, 5.41) is 0. The van der Waals surface area contributed by atoms with Crippen molar-refractivity contribution in [2.75, 3.05) is 5.73 Å². The number of benzene rings is 2. The second-order valence-corrected chi connectivity index (χ2v) is 6.11. The molecule has 0 aliphatic rings. The molecule has 0 radical (unpaired) electrons. The number of carbonyl (C=O) groups is 1. The molecule has 0 bridgehead atoms. The fraction of sp³-hybridized carbons (Fsp3) is 0.235. The minimum atomic E-state index is 0.0138. The van der Waals surface area contributed by atoms with E-state index in [9.17, 15) is 4.79 Å². The highest BCUT2D eigenvalue weighted by Crippen LogP contribution is 2.21. The average Bonchev–Trinajstić information content (AvgIpc) is 2.44. The van der Waals surface area contributed by atoms with Crippen LogP contribution < -0.4 is 5.73 Å². The zero-order valence-corrected chi connectivity index (χ0v) is 13.8. The molecule has 0 unspecified atom stereocenters. The lowest BCUT2D eigenvalue weighted by Crippen LogP contribution is -2.36. The van der Waals surface area contributed by atoms with Crippen molar-refractivity contribution >= 4 is 27.5 Å². The van der Waals surface area contributed by atoms with Gasteiger partial charge in [0.1, 0.15) is 0 Å². The van der Waals surface area contributed by atoms with Crippen LogP contribution in [0.25, 0.3) is 0 Å². The largest absolute Gasteiger partial charge is 0.399 e. The van der Waals surface area contributed by atoms with E-state index in [1.807, 2.05) is 67.3 Å². The molecule has 0 aromatic heterocycles. The maximum absolute atomic E-state index is 12.8. The van der Waals surface area contributed by atoms with E-state index in [-0.39, 0.29) is 11.9 Å². The zero-order chi connectivity index (χ0) is 15.4. The minimum Gasteiger partial charge on any atom is -0.399 e. The third-order valence-corrected chi connectivity index (χ3v) is 3.98. The maximum Gasteiger partial charge on any atom is 0.255 e. The fourth-order valence-electron chi connectivity index (χ4n) is 2.17.